The van der Waals surface area contributed by atoms with Gasteiger partial charge in [-0.25, -0.2) is 0 Å². The summed E-state index contributed by atoms with van der Waals surface area (Å²) in [5.41, 5.74) is 0. The average Bonchev–Trinajstić information content (AvgIpc) is 1.35. The first-order valence-corrected chi connectivity index (χ1v) is 2.50. The Morgan fingerprint density at radius 1 is 1.43 bits per heavy atom. The highest BCUT2D eigenvalue weighted by atomic mass is 28.1. The second-order valence-electron chi connectivity index (χ2n) is 1.71. The maximum atomic E-state index is 3.21. The van der Waals surface area contributed by atoms with E-state index in [0.717, 1.165) is 6.54 Å². The minimum atomic E-state index is 0. The topological polar surface area (TPSA) is 12.0 Å². The Morgan fingerprint density at radius 3 is 1.86 bits per heavy atom. The van der Waals surface area contributed by atoms with Crippen molar-refractivity contribution in [3.05, 3.63) is 0 Å². The second kappa shape index (κ2) is 6.18. The lowest BCUT2D eigenvalue weighted by atomic mass is 10.4. The maximum Gasteiger partial charge on any atom is 0.00102 e. The van der Waals surface area contributed by atoms with Gasteiger partial charge in [0.2, 0.25) is 0 Å². The summed E-state index contributed by atoms with van der Waals surface area (Å²) < 4.78 is 0. The fourth-order valence-electron chi connectivity index (χ4n) is 0.408. The van der Waals surface area contributed by atoms with Gasteiger partial charge in [-0.2, -0.15) is 0 Å². The number of hydrogen-bond donors (Lipinski definition) is 1. The van der Waals surface area contributed by atoms with Crippen molar-refractivity contribution in [3.8, 4) is 0 Å². The fourth-order valence-corrected chi connectivity index (χ4v) is 0.408. The molecule has 0 saturated heterocycles. The Kier molecular flexibility index (Phi) is 9.02. The van der Waals surface area contributed by atoms with Crippen molar-refractivity contribution in [2.24, 2.45) is 0 Å². The first-order chi connectivity index (χ1) is 2.77. The molecule has 0 aliphatic carbocycles. The zero-order valence-corrected chi connectivity index (χ0v) is 4.78. The molecule has 0 bridgehead atoms. The Labute approximate surface area is 50.5 Å². The SMILES string of the molecule is CCNC(C)C.[SiH4]. The number of nitrogens with one attached hydrogen (secondary N) is 1. The van der Waals surface area contributed by atoms with E-state index in [1.807, 2.05) is 0 Å². The summed E-state index contributed by atoms with van der Waals surface area (Å²) in [6, 6.07) is 0.648. The Hall–Kier alpha value is 0.177. The summed E-state index contributed by atoms with van der Waals surface area (Å²) in [5, 5.41) is 3.21. The summed E-state index contributed by atoms with van der Waals surface area (Å²) in [5.74, 6) is 0. The van der Waals surface area contributed by atoms with Crippen molar-refractivity contribution in [1.82, 2.24) is 5.32 Å². The third-order valence-corrected chi connectivity index (χ3v) is 0.612. The standard InChI is InChI=1S/C5H13N.H4Si/c1-4-6-5(2)3;/h5-6H,4H2,1-3H3;1H4. The van der Waals surface area contributed by atoms with Crippen LogP contribution in [-0.4, -0.2) is 23.6 Å². The Morgan fingerprint density at radius 2 is 1.86 bits per heavy atom. The molecular formula is C5H17NSi. The molecular weight excluding hydrogens is 102 g/mol. The Bertz CT molecular complexity index is 29.3. The molecule has 1 nitrogen and oxygen atoms in total. The molecule has 0 fully saturated rings. The van der Waals surface area contributed by atoms with Gasteiger partial charge in [-0.1, -0.05) is 20.8 Å². The van der Waals surface area contributed by atoms with Crippen LogP contribution in [0.3, 0.4) is 0 Å². The zero-order chi connectivity index (χ0) is 4.99. The van der Waals surface area contributed by atoms with Gasteiger partial charge in [-0.3, -0.25) is 0 Å². The van der Waals surface area contributed by atoms with E-state index in [2.05, 4.69) is 26.1 Å². The van der Waals surface area contributed by atoms with Crippen LogP contribution in [0.2, 0.25) is 0 Å². The van der Waals surface area contributed by atoms with Gasteiger partial charge in [0.05, 0.1) is 0 Å². The van der Waals surface area contributed by atoms with E-state index in [9.17, 15) is 0 Å². The lowest BCUT2D eigenvalue weighted by Gasteiger charge is -2.00. The van der Waals surface area contributed by atoms with Gasteiger partial charge in [0.1, 0.15) is 0 Å². The lowest BCUT2D eigenvalue weighted by Crippen LogP contribution is -2.21. The van der Waals surface area contributed by atoms with Gasteiger partial charge in [-0.05, 0) is 17.5 Å². The molecule has 0 atom stereocenters. The van der Waals surface area contributed by atoms with Crippen LogP contribution in [0.5, 0.6) is 0 Å². The summed E-state index contributed by atoms with van der Waals surface area (Å²) in [6.07, 6.45) is 0. The van der Waals surface area contributed by atoms with E-state index in [1.54, 1.807) is 0 Å². The summed E-state index contributed by atoms with van der Waals surface area (Å²) in [6.45, 7) is 7.48. The van der Waals surface area contributed by atoms with Crippen LogP contribution in [0.15, 0.2) is 0 Å². The molecule has 0 aromatic carbocycles. The first kappa shape index (κ1) is 10.2. The molecule has 0 radical (unpaired) electrons. The maximum absolute atomic E-state index is 3.21. The van der Waals surface area contributed by atoms with Crippen molar-refractivity contribution in [1.29, 1.82) is 0 Å². The fraction of sp³-hybridized carbons (Fsp3) is 1.00. The monoisotopic (exact) mass is 119 g/mol. The normalized spacial score (nSPS) is 8.57. The lowest BCUT2D eigenvalue weighted by molar-refractivity contribution is 0.613. The van der Waals surface area contributed by atoms with Crippen molar-refractivity contribution < 1.29 is 0 Å². The molecule has 0 aliphatic heterocycles. The third-order valence-electron chi connectivity index (χ3n) is 0.612. The molecule has 0 unspecified atom stereocenters. The van der Waals surface area contributed by atoms with Gasteiger partial charge >= 0.3 is 0 Å². The predicted octanol–water partition coefficient (Wildman–Crippen LogP) is -0.447. The molecule has 0 heterocycles. The van der Waals surface area contributed by atoms with Crippen LogP contribution < -0.4 is 5.32 Å². The van der Waals surface area contributed by atoms with E-state index in [-0.39, 0.29) is 11.0 Å². The highest BCUT2D eigenvalue weighted by molar-refractivity contribution is 5.75. The van der Waals surface area contributed by atoms with Crippen molar-refractivity contribution in [3.63, 3.8) is 0 Å². The zero-order valence-electron chi connectivity index (χ0n) is 4.78. The van der Waals surface area contributed by atoms with Crippen molar-refractivity contribution in [2.45, 2.75) is 26.8 Å². The molecule has 0 aromatic rings. The molecule has 0 aromatic heterocycles. The molecule has 46 valence electrons. The van der Waals surface area contributed by atoms with E-state index in [4.69, 9.17) is 0 Å². The number of rotatable bonds is 2. The summed E-state index contributed by atoms with van der Waals surface area (Å²) >= 11 is 0. The van der Waals surface area contributed by atoms with Gasteiger partial charge in [-0.15, -0.1) is 0 Å². The smallest absolute Gasteiger partial charge is 0.00102 e. The van der Waals surface area contributed by atoms with Crippen LogP contribution >= 0.6 is 0 Å². The third kappa shape index (κ3) is 10.7. The van der Waals surface area contributed by atoms with Crippen LogP contribution in [0.4, 0.5) is 0 Å². The van der Waals surface area contributed by atoms with E-state index in [0.29, 0.717) is 6.04 Å². The molecule has 1 N–H and O–H groups in total. The first-order valence-electron chi connectivity index (χ1n) is 2.50. The molecule has 0 rings (SSSR count). The molecule has 0 amide bonds. The predicted molar refractivity (Wildman–Crippen MR) is 40.1 cm³/mol. The molecule has 0 spiro atoms. The van der Waals surface area contributed by atoms with E-state index >= 15 is 0 Å². The van der Waals surface area contributed by atoms with Gasteiger partial charge in [0, 0.05) is 6.04 Å². The van der Waals surface area contributed by atoms with Crippen molar-refractivity contribution >= 4 is 11.0 Å². The van der Waals surface area contributed by atoms with Crippen LogP contribution in [0, 0.1) is 0 Å². The van der Waals surface area contributed by atoms with Crippen molar-refractivity contribution in [2.75, 3.05) is 6.54 Å². The highest BCUT2D eigenvalue weighted by Crippen LogP contribution is 1.70. The summed E-state index contributed by atoms with van der Waals surface area (Å²) in [4.78, 5) is 0. The van der Waals surface area contributed by atoms with Crippen LogP contribution in [-0.2, 0) is 0 Å². The largest absolute Gasteiger partial charge is 0.315 e. The second-order valence-corrected chi connectivity index (χ2v) is 1.71. The van der Waals surface area contributed by atoms with E-state index in [1.165, 1.54) is 0 Å². The minimum absolute atomic E-state index is 0. The summed E-state index contributed by atoms with van der Waals surface area (Å²) in [7, 11) is 0. The molecule has 7 heavy (non-hydrogen) atoms. The van der Waals surface area contributed by atoms with E-state index < -0.39 is 0 Å². The average molecular weight is 119 g/mol. The molecule has 0 aliphatic rings. The highest BCUT2D eigenvalue weighted by Gasteiger charge is 1.82. The van der Waals surface area contributed by atoms with Gasteiger partial charge in [0.15, 0.2) is 0 Å². The number of hydrogen-bond acceptors (Lipinski definition) is 1. The Balaban J connectivity index is 0. The van der Waals surface area contributed by atoms with Crippen LogP contribution in [0.1, 0.15) is 20.8 Å². The molecule has 0 saturated carbocycles. The van der Waals surface area contributed by atoms with Crippen LogP contribution in [0.25, 0.3) is 0 Å². The molecule has 2 heteroatoms. The quantitative estimate of drug-likeness (QED) is 0.486. The minimum Gasteiger partial charge on any atom is -0.315 e. The van der Waals surface area contributed by atoms with Gasteiger partial charge in [0.25, 0.3) is 0 Å². The van der Waals surface area contributed by atoms with Gasteiger partial charge < -0.3 is 5.32 Å².